The van der Waals surface area contributed by atoms with E-state index in [9.17, 15) is 18.4 Å². The van der Waals surface area contributed by atoms with Crippen LogP contribution in [0.3, 0.4) is 0 Å². The van der Waals surface area contributed by atoms with Crippen molar-refractivity contribution in [3.05, 3.63) is 48.1 Å². The molecule has 2 N–H and O–H groups in total. The number of nitrogens with one attached hydrogen (secondary N) is 1. The number of halogens is 2. The lowest BCUT2D eigenvalue weighted by atomic mass is 10.1. The maximum Gasteiger partial charge on any atom is 0.326 e. The molecule has 3 atom stereocenters. The monoisotopic (exact) mass is 309 g/mol. The number of benzene rings is 1. The van der Waals surface area contributed by atoms with E-state index in [1.807, 2.05) is 0 Å². The second-order valence-corrected chi connectivity index (χ2v) is 5.39. The molecule has 118 valence electrons. The minimum absolute atomic E-state index is 0.191. The Labute approximate surface area is 126 Å². The second kappa shape index (κ2) is 6.68. The maximum absolute atomic E-state index is 13.2. The van der Waals surface area contributed by atoms with Gasteiger partial charge in [0.25, 0.3) is 0 Å². The number of amides is 1. The number of hydrogen-bond donors (Lipinski definition) is 2. The van der Waals surface area contributed by atoms with E-state index in [1.54, 1.807) is 6.08 Å². The Morgan fingerprint density at radius 1 is 1.41 bits per heavy atom. The van der Waals surface area contributed by atoms with Gasteiger partial charge in [0.2, 0.25) is 5.91 Å². The van der Waals surface area contributed by atoms with Crippen LogP contribution in [-0.2, 0) is 9.59 Å². The lowest BCUT2D eigenvalue weighted by Gasteiger charge is -2.13. The first-order chi connectivity index (χ1) is 10.4. The Bertz CT molecular complexity index is 603. The highest BCUT2D eigenvalue weighted by Gasteiger charge is 2.45. The van der Waals surface area contributed by atoms with Crippen molar-refractivity contribution < 1.29 is 23.5 Å². The van der Waals surface area contributed by atoms with E-state index in [1.165, 1.54) is 6.07 Å². The molecule has 2 rings (SSSR count). The van der Waals surface area contributed by atoms with Gasteiger partial charge in [-0.05, 0) is 42.9 Å². The summed E-state index contributed by atoms with van der Waals surface area (Å²) >= 11 is 0. The number of hydrogen-bond acceptors (Lipinski definition) is 2. The van der Waals surface area contributed by atoms with Gasteiger partial charge >= 0.3 is 5.97 Å². The number of carbonyl (C=O) groups excluding carboxylic acids is 1. The van der Waals surface area contributed by atoms with Crippen molar-refractivity contribution in [1.29, 1.82) is 0 Å². The molecule has 1 aromatic carbocycles. The van der Waals surface area contributed by atoms with Crippen LogP contribution in [0.25, 0.3) is 0 Å². The lowest BCUT2D eigenvalue weighted by Crippen LogP contribution is -2.41. The number of rotatable bonds is 7. The quantitative estimate of drug-likeness (QED) is 0.761. The van der Waals surface area contributed by atoms with Crippen LogP contribution in [0.15, 0.2) is 30.9 Å². The van der Waals surface area contributed by atoms with Crippen LogP contribution in [0, 0.1) is 17.6 Å². The molecule has 0 heterocycles. The van der Waals surface area contributed by atoms with Crippen LogP contribution in [0.5, 0.6) is 0 Å². The SMILES string of the molecule is C=CCCC(NC(=O)C1CC1c1ccc(F)c(F)c1)C(=O)O. The first kappa shape index (κ1) is 16.1. The Kier molecular flexibility index (Phi) is 4.90. The summed E-state index contributed by atoms with van der Waals surface area (Å²) in [6.07, 6.45) is 2.84. The molecule has 1 aliphatic carbocycles. The fourth-order valence-electron chi connectivity index (χ4n) is 2.42. The first-order valence-corrected chi connectivity index (χ1v) is 7.03. The summed E-state index contributed by atoms with van der Waals surface area (Å²) in [5.74, 6) is -3.93. The van der Waals surface area contributed by atoms with E-state index >= 15 is 0 Å². The van der Waals surface area contributed by atoms with E-state index in [0.717, 1.165) is 12.1 Å². The smallest absolute Gasteiger partial charge is 0.326 e. The molecule has 1 aromatic rings. The average Bonchev–Trinajstić information content (AvgIpc) is 3.26. The van der Waals surface area contributed by atoms with Gasteiger partial charge in [-0.3, -0.25) is 4.79 Å². The molecule has 0 bridgehead atoms. The molecule has 6 heteroatoms. The van der Waals surface area contributed by atoms with Crippen LogP contribution >= 0.6 is 0 Å². The third kappa shape index (κ3) is 3.69. The van der Waals surface area contributed by atoms with Gasteiger partial charge in [-0.25, -0.2) is 13.6 Å². The number of allylic oxidation sites excluding steroid dienone is 1. The van der Waals surface area contributed by atoms with Gasteiger partial charge in [-0.2, -0.15) is 0 Å². The topological polar surface area (TPSA) is 66.4 Å². The molecule has 0 spiro atoms. The van der Waals surface area contributed by atoms with Crippen LogP contribution < -0.4 is 5.32 Å². The van der Waals surface area contributed by atoms with Crippen LogP contribution in [0.4, 0.5) is 8.78 Å². The molecule has 0 saturated heterocycles. The number of aliphatic carboxylic acids is 1. The molecule has 4 nitrogen and oxygen atoms in total. The molecular formula is C16H17F2NO3. The zero-order valence-corrected chi connectivity index (χ0v) is 11.9. The summed E-state index contributed by atoms with van der Waals surface area (Å²) in [7, 11) is 0. The largest absolute Gasteiger partial charge is 0.480 e. The van der Waals surface area contributed by atoms with E-state index in [-0.39, 0.29) is 18.2 Å². The predicted molar refractivity (Wildman–Crippen MR) is 76.2 cm³/mol. The molecule has 0 aromatic heterocycles. The van der Waals surface area contributed by atoms with Crippen molar-refractivity contribution in [2.24, 2.45) is 5.92 Å². The summed E-state index contributed by atoms with van der Waals surface area (Å²) < 4.78 is 26.1. The second-order valence-electron chi connectivity index (χ2n) is 5.39. The molecule has 1 fully saturated rings. The fraction of sp³-hybridized carbons (Fsp3) is 0.375. The van der Waals surface area contributed by atoms with Gasteiger partial charge < -0.3 is 10.4 Å². The standard InChI is InChI=1S/C16H17F2NO3/c1-2-3-4-14(16(21)22)19-15(20)11-8-10(11)9-5-6-12(17)13(18)7-9/h2,5-7,10-11,14H,1,3-4,8H2,(H,19,20)(H,21,22). The van der Waals surface area contributed by atoms with Gasteiger partial charge in [-0.15, -0.1) is 6.58 Å². The zero-order chi connectivity index (χ0) is 16.3. The number of carboxylic acid groups (broad SMARTS) is 1. The summed E-state index contributed by atoms with van der Waals surface area (Å²) in [6.45, 7) is 3.51. The molecule has 0 radical (unpaired) electrons. The normalized spacial score (nSPS) is 21.0. The molecule has 1 aliphatic rings. The third-order valence-corrected chi connectivity index (χ3v) is 3.77. The summed E-state index contributed by atoms with van der Waals surface area (Å²) in [5, 5.41) is 11.5. The number of carboxylic acids is 1. The van der Waals surface area contributed by atoms with E-state index in [4.69, 9.17) is 5.11 Å². The molecule has 22 heavy (non-hydrogen) atoms. The van der Waals surface area contributed by atoms with Crippen molar-refractivity contribution in [3.8, 4) is 0 Å². The van der Waals surface area contributed by atoms with E-state index < -0.39 is 29.6 Å². The van der Waals surface area contributed by atoms with Gasteiger partial charge in [0.05, 0.1) is 0 Å². The zero-order valence-electron chi connectivity index (χ0n) is 11.9. The minimum Gasteiger partial charge on any atom is -0.480 e. The van der Waals surface area contributed by atoms with Crippen molar-refractivity contribution >= 4 is 11.9 Å². The van der Waals surface area contributed by atoms with Gasteiger partial charge in [-0.1, -0.05) is 12.1 Å². The van der Waals surface area contributed by atoms with Crippen molar-refractivity contribution in [1.82, 2.24) is 5.32 Å². The van der Waals surface area contributed by atoms with Crippen LogP contribution in [0.2, 0.25) is 0 Å². The molecular weight excluding hydrogens is 292 g/mol. The highest BCUT2D eigenvalue weighted by Crippen LogP contribution is 2.47. The van der Waals surface area contributed by atoms with Crippen LogP contribution in [-0.4, -0.2) is 23.0 Å². The highest BCUT2D eigenvalue weighted by atomic mass is 19.2. The fourth-order valence-corrected chi connectivity index (χ4v) is 2.42. The lowest BCUT2D eigenvalue weighted by molar-refractivity contribution is -0.142. The molecule has 1 saturated carbocycles. The van der Waals surface area contributed by atoms with Crippen LogP contribution in [0.1, 0.15) is 30.7 Å². The summed E-state index contributed by atoms with van der Waals surface area (Å²) in [6, 6.07) is 2.60. The third-order valence-electron chi connectivity index (χ3n) is 3.77. The van der Waals surface area contributed by atoms with E-state index in [0.29, 0.717) is 18.4 Å². The Morgan fingerprint density at radius 2 is 2.14 bits per heavy atom. The molecule has 0 aliphatic heterocycles. The Balaban J connectivity index is 1.95. The molecule has 3 unspecified atom stereocenters. The highest BCUT2D eigenvalue weighted by molar-refractivity contribution is 5.87. The predicted octanol–water partition coefficient (Wildman–Crippen LogP) is 2.60. The first-order valence-electron chi connectivity index (χ1n) is 7.03. The maximum atomic E-state index is 13.2. The minimum atomic E-state index is -1.10. The summed E-state index contributed by atoms with van der Waals surface area (Å²) in [5.41, 5.74) is 0.553. The van der Waals surface area contributed by atoms with Gasteiger partial charge in [0.1, 0.15) is 6.04 Å². The number of carbonyl (C=O) groups is 2. The van der Waals surface area contributed by atoms with Crippen molar-refractivity contribution in [2.45, 2.75) is 31.2 Å². The van der Waals surface area contributed by atoms with Crippen molar-refractivity contribution in [2.75, 3.05) is 0 Å². The van der Waals surface area contributed by atoms with E-state index in [2.05, 4.69) is 11.9 Å². The Hall–Kier alpha value is -2.24. The van der Waals surface area contributed by atoms with Gasteiger partial charge in [0.15, 0.2) is 11.6 Å². The average molecular weight is 309 g/mol. The van der Waals surface area contributed by atoms with Crippen molar-refractivity contribution in [3.63, 3.8) is 0 Å². The molecule has 1 amide bonds. The summed E-state index contributed by atoms with van der Waals surface area (Å²) in [4.78, 5) is 23.1. The van der Waals surface area contributed by atoms with Gasteiger partial charge in [0, 0.05) is 5.92 Å². The Morgan fingerprint density at radius 3 is 2.73 bits per heavy atom.